The molecule has 7 heteroatoms. The molecule has 0 spiro atoms. The zero-order valence-electron chi connectivity index (χ0n) is 18.3. The van der Waals surface area contributed by atoms with Crippen LogP contribution >= 0.6 is 0 Å². The topological polar surface area (TPSA) is 66.9 Å². The van der Waals surface area contributed by atoms with Gasteiger partial charge in [-0.1, -0.05) is 31.1 Å². The van der Waals surface area contributed by atoms with E-state index in [4.69, 9.17) is 4.74 Å². The van der Waals surface area contributed by atoms with Crippen LogP contribution in [0.2, 0.25) is 0 Å². The van der Waals surface area contributed by atoms with E-state index in [0.717, 1.165) is 63.2 Å². The number of carbonyl (C=O) groups is 1. The van der Waals surface area contributed by atoms with Gasteiger partial charge in [0.15, 0.2) is 5.78 Å². The SMILES string of the molecule is O=C(C=Cc1ccc(N2CCOCC2)cc1)c1ccc(S(=O)(=O)N2CCCCCC2)cc1. The van der Waals surface area contributed by atoms with Crippen molar-refractivity contribution in [2.75, 3.05) is 44.3 Å². The van der Waals surface area contributed by atoms with E-state index in [9.17, 15) is 13.2 Å². The summed E-state index contributed by atoms with van der Waals surface area (Å²) in [6.45, 7) is 4.39. The number of allylic oxidation sites excluding steroid dienone is 1. The standard InChI is InChI=1S/C25H30N2O4S/c28-25(14-7-21-5-10-23(11-6-21)26-17-19-31-20-18-26)22-8-12-24(13-9-22)32(29,30)27-15-3-1-2-4-16-27/h5-14H,1-4,15-20H2. The average molecular weight is 455 g/mol. The fraction of sp³-hybridized carbons (Fsp3) is 0.400. The molecule has 2 saturated heterocycles. The Hall–Kier alpha value is -2.48. The van der Waals surface area contributed by atoms with Gasteiger partial charge < -0.3 is 9.64 Å². The van der Waals surface area contributed by atoms with E-state index >= 15 is 0 Å². The Morgan fingerprint density at radius 1 is 0.812 bits per heavy atom. The molecule has 2 aromatic rings. The maximum absolute atomic E-state index is 12.9. The van der Waals surface area contributed by atoms with Crippen molar-refractivity contribution in [1.82, 2.24) is 4.31 Å². The zero-order chi connectivity index (χ0) is 22.4. The van der Waals surface area contributed by atoms with Gasteiger partial charge in [0.2, 0.25) is 10.0 Å². The van der Waals surface area contributed by atoms with Crippen LogP contribution in [0.25, 0.3) is 6.08 Å². The van der Waals surface area contributed by atoms with E-state index in [1.165, 1.54) is 6.08 Å². The lowest BCUT2D eigenvalue weighted by Gasteiger charge is -2.28. The Morgan fingerprint density at radius 2 is 1.44 bits per heavy atom. The smallest absolute Gasteiger partial charge is 0.243 e. The van der Waals surface area contributed by atoms with Crippen molar-refractivity contribution in [3.8, 4) is 0 Å². The predicted octanol–water partition coefficient (Wildman–Crippen LogP) is 3.98. The molecule has 0 saturated carbocycles. The largest absolute Gasteiger partial charge is 0.378 e. The second-order valence-corrected chi connectivity index (χ2v) is 10.2. The molecule has 2 heterocycles. The number of benzene rings is 2. The van der Waals surface area contributed by atoms with Crippen LogP contribution in [0.15, 0.2) is 59.5 Å². The van der Waals surface area contributed by atoms with Gasteiger partial charge in [-0.25, -0.2) is 8.42 Å². The first-order valence-corrected chi connectivity index (χ1v) is 12.7. The van der Waals surface area contributed by atoms with E-state index in [-0.39, 0.29) is 10.7 Å². The van der Waals surface area contributed by atoms with Gasteiger partial charge in [-0.05, 0) is 60.9 Å². The summed E-state index contributed by atoms with van der Waals surface area (Å²) >= 11 is 0. The second kappa shape index (κ2) is 10.4. The van der Waals surface area contributed by atoms with Crippen molar-refractivity contribution in [3.05, 3.63) is 65.7 Å². The zero-order valence-corrected chi connectivity index (χ0v) is 19.1. The molecule has 2 aliphatic heterocycles. The van der Waals surface area contributed by atoms with Crippen molar-refractivity contribution < 1.29 is 17.9 Å². The van der Waals surface area contributed by atoms with E-state index in [2.05, 4.69) is 17.0 Å². The van der Waals surface area contributed by atoms with Gasteiger partial charge in [-0.2, -0.15) is 4.31 Å². The van der Waals surface area contributed by atoms with Crippen LogP contribution in [0.3, 0.4) is 0 Å². The number of anilines is 1. The van der Waals surface area contributed by atoms with E-state index in [1.807, 2.05) is 12.1 Å². The quantitative estimate of drug-likeness (QED) is 0.488. The molecule has 0 aliphatic carbocycles. The number of ketones is 1. The van der Waals surface area contributed by atoms with Gasteiger partial charge in [0, 0.05) is 37.4 Å². The van der Waals surface area contributed by atoms with Gasteiger partial charge in [0.25, 0.3) is 0 Å². The fourth-order valence-electron chi connectivity index (χ4n) is 4.11. The minimum atomic E-state index is -3.50. The van der Waals surface area contributed by atoms with E-state index < -0.39 is 10.0 Å². The van der Waals surface area contributed by atoms with Crippen molar-refractivity contribution in [2.24, 2.45) is 0 Å². The number of ether oxygens (including phenoxy) is 1. The van der Waals surface area contributed by atoms with Crippen LogP contribution < -0.4 is 4.90 Å². The summed E-state index contributed by atoms with van der Waals surface area (Å²) in [5.41, 5.74) is 2.56. The average Bonchev–Trinajstić information content (AvgIpc) is 3.14. The monoisotopic (exact) mass is 454 g/mol. The van der Waals surface area contributed by atoms with Crippen LogP contribution in [0.5, 0.6) is 0 Å². The lowest BCUT2D eigenvalue weighted by Crippen LogP contribution is -2.36. The normalized spacial score (nSPS) is 18.6. The molecule has 2 aliphatic rings. The second-order valence-electron chi connectivity index (χ2n) is 8.23. The summed E-state index contributed by atoms with van der Waals surface area (Å²) < 4.78 is 32.7. The molecule has 4 rings (SSSR count). The minimum absolute atomic E-state index is 0.152. The molecule has 0 radical (unpaired) electrons. The highest BCUT2D eigenvalue weighted by Crippen LogP contribution is 2.21. The highest BCUT2D eigenvalue weighted by Gasteiger charge is 2.25. The number of carbonyl (C=O) groups excluding carboxylic acids is 1. The minimum Gasteiger partial charge on any atom is -0.378 e. The van der Waals surface area contributed by atoms with Gasteiger partial charge in [0.05, 0.1) is 18.1 Å². The first kappa shape index (κ1) is 22.7. The van der Waals surface area contributed by atoms with Crippen LogP contribution in [-0.4, -0.2) is 57.9 Å². The van der Waals surface area contributed by atoms with Crippen molar-refractivity contribution >= 4 is 27.6 Å². The number of hydrogen-bond donors (Lipinski definition) is 0. The van der Waals surface area contributed by atoms with Crippen LogP contribution in [0, 0.1) is 0 Å². The molecular formula is C25H30N2O4S. The number of rotatable bonds is 6. The predicted molar refractivity (Wildman–Crippen MR) is 127 cm³/mol. The molecule has 170 valence electrons. The highest BCUT2D eigenvalue weighted by atomic mass is 32.2. The maximum atomic E-state index is 12.9. The van der Waals surface area contributed by atoms with Crippen LogP contribution in [0.1, 0.15) is 41.6 Å². The first-order valence-electron chi connectivity index (χ1n) is 11.3. The first-order chi connectivity index (χ1) is 15.5. The van der Waals surface area contributed by atoms with E-state index in [0.29, 0.717) is 18.7 Å². The molecule has 2 fully saturated rings. The van der Waals surface area contributed by atoms with Gasteiger partial charge >= 0.3 is 0 Å². The summed E-state index contributed by atoms with van der Waals surface area (Å²) in [7, 11) is -3.50. The third-order valence-corrected chi connectivity index (χ3v) is 7.95. The number of morpholine rings is 1. The van der Waals surface area contributed by atoms with Crippen LogP contribution in [-0.2, 0) is 14.8 Å². The molecule has 0 N–H and O–H groups in total. The third-order valence-electron chi connectivity index (χ3n) is 6.04. The Labute approximate surface area is 190 Å². The summed E-state index contributed by atoms with van der Waals surface area (Å²) in [4.78, 5) is 15.1. The van der Waals surface area contributed by atoms with Crippen LogP contribution in [0.4, 0.5) is 5.69 Å². The third kappa shape index (κ3) is 5.46. The molecule has 2 aromatic carbocycles. The lowest BCUT2D eigenvalue weighted by molar-refractivity contribution is 0.104. The Morgan fingerprint density at radius 3 is 2.06 bits per heavy atom. The number of nitrogens with zero attached hydrogens (tertiary/aromatic N) is 2. The molecule has 6 nitrogen and oxygen atoms in total. The Balaban J connectivity index is 1.39. The lowest BCUT2D eigenvalue weighted by atomic mass is 10.1. The highest BCUT2D eigenvalue weighted by molar-refractivity contribution is 7.89. The number of sulfonamides is 1. The summed E-state index contributed by atoms with van der Waals surface area (Å²) in [6, 6.07) is 14.4. The molecule has 0 amide bonds. The summed E-state index contributed by atoms with van der Waals surface area (Å²) in [5.74, 6) is -0.152. The molecule has 0 aromatic heterocycles. The van der Waals surface area contributed by atoms with Crippen molar-refractivity contribution in [3.63, 3.8) is 0 Å². The molecule has 0 bridgehead atoms. The molecule has 32 heavy (non-hydrogen) atoms. The molecular weight excluding hydrogens is 424 g/mol. The Bertz CT molecular complexity index is 1030. The van der Waals surface area contributed by atoms with Crippen molar-refractivity contribution in [1.29, 1.82) is 0 Å². The van der Waals surface area contributed by atoms with Gasteiger partial charge in [0.1, 0.15) is 0 Å². The Kier molecular flexibility index (Phi) is 7.40. The van der Waals surface area contributed by atoms with Crippen molar-refractivity contribution in [2.45, 2.75) is 30.6 Å². The van der Waals surface area contributed by atoms with Gasteiger partial charge in [-0.15, -0.1) is 0 Å². The summed E-state index contributed by atoms with van der Waals surface area (Å²) in [6.07, 6.45) is 7.25. The maximum Gasteiger partial charge on any atom is 0.243 e. The summed E-state index contributed by atoms with van der Waals surface area (Å²) in [5, 5.41) is 0. The molecule has 0 atom stereocenters. The van der Waals surface area contributed by atoms with E-state index in [1.54, 1.807) is 34.6 Å². The number of hydrogen-bond acceptors (Lipinski definition) is 5. The molecule has 0 unspecified atom stereocenters. The fourth-order valence-corrected chi connectivity index (χ4v) is 5.63. The van der Waals surface area contributed by atoms with Gasteiger partial charge in [-0.3, -0.25) is 4.79 Å².